The Hall–Kier alpha value is -1.30. The van der Waals surface area contributed by atoms with Crippen LogP contribution in [0.2, 0.25) is 0 Å². The molecule has 29 heavy (non-hydrogen) atoms. The summed E-state index contributed by atoms with van der Waals surface area (Å²) in [6.45, 7) is 12.2. The van der Waals surface area contributed by atoms with E-state index in [2.05, 4.69) is 42.7 Å². The standard InChI is InChI=1S/C24H38N2O3/c1-23(2)18-9-10-24(23,3)22(15-18)29-17-19(27)16-25-11-13-26(14-12-25)20-7-5-6-8-21(20)28-4/h5-8,18-19,22,27H,9-17H2,1-4H3/t18-,19+,22+,24-/m0/s1. The average Bonchev–Trinajstić information content (AvgIpc) is 3.06. The van der Waals surface area contributed by atoms with E-state index in [9.17, 15) is 5.11 Å². The summed E-state index contributed by atoms with van der Waals surface area (Å²) in [6, 6.07) is 8.20. The third kappa shape index (κ3) is 3.77. The van der Waals surface area contributed by atoms with Crippen LogP contribution >= 0.6 is 0 Å². The highest BCUT2D eigenvalue weighted by atomic mass is 16.5. The van der Waals surface area contributed by atoms with Gasteiger partial charge in [0.2, 0.25) is 0 Å². The Kier molecular flexibility index (Phi) is 5.84. The van der Waals surface area contributed by atoms with Gasteiger partial charge in [0, 0.05) is 32.7 Å². The third-order valence-corrected chi connectivity index (χ3v) is 8.47. The molecule has 0 aromatic heterocycles. The fourth-order valence-electron chi connectivity index (χ4n) is 6.02. The van der Waals surface area contributed by atoms with Crippen molar-refractivity contribution in [3.05, 3.63) is 24.3 Å². The van der Waals surface area contributed by atoms with Crippen LogP contribution in [0.1, 0.15) is 40.0 Å². The van der Waals surface area contributed by atoms with Gasteiger partial charge in [-0.05, 0) is 48.1 Å². The molecule has 4 rings (SSSR count). The maximum atomic E-state index is 10.6. The SMILES string of the molecule is COc1ccccc1N1CCN(C[C@@H](O)CO[C@@H]2C[C@@H]3CC[C@]2(C)C3(C)C)CC1. The molecule has 1 aromatic carbocycles. The summed E-state index contributed by atoms with van der Waals surface area (Å²) in [6.07, 6.45) is 3.64. The number of anilines is 1. The molecule has 4 atom stereocenters. The smallest absolute Gasteiger partial charge is 0.142 e. The van der Waals surface area contributed by atoms with Gasteiger partial charge in [-0.2, -0.15) is 0 Å². The monoisotopic (exact) mass is 402 g/mol. The van der Waals surface area contributed by atoms with Crippen molar-refractivity contribution in [2.75, 3.05) is 51.3 Å². The van der Waals surface area contributed by atoms with Gasteiger partial charge in [0.25, 0.3) is 0 Å². The van der Waals surface area contributed by atoms with Gasteiger partial charge in [-0.3, -0.25) is 4.90 Å². The van der Waals surface area contributed by atoms with Crippen LogP contribution in [0.3, 0.4) is 0 Å². The molecule has 5 heteroatoms. The zero-order chi connectivity index (χ0) is 20.6. The highest BCUT2D eigenvalue weighted by Gasteiger charge is 2.61. The van der Waals surface area contributed by atoms with Crippen molar-refractivity contribution in [3.8, 4) is 5.75 Å². The van der Waals surface area contributed by atoms with Crippen molar-refractivity contribution in [2.45, 2.75) is 52.2 Å². The fourth-order valence-corrected chi connectivity index (χ4v) is 6.02. The van der Waals surface area contributed by atoms with Crippen LogP contribution in [0.15, 0.2) is 24.3 Å². The molecule has 2 aliphatic carbocycles. The molecule has 0 radical (unpaired) electrons. The molecule has 0 amide bonds. The molecule has 0 unspecified atom stereocenters. The number of aliphatic hydroxyl groups excluding tert-OH is 1. The maximum absolute atomic E-state index is 10.6. The number of para-hydroxylation sites is 2. The summed E-state index contributed by atoms with van der Waals surface area (Å²) >= 11 is 0. The van der Waals surface area contributed by atoms with E-state index in [4.69, 9.17) is 9.47 Å². The van der Waals surface area contributed by atoms with E-state index in [1.165, 1.54) is 12.8 Å². The molecule has 1 N–H and O–H groups in total. The molecular formula is C24H38N2O3. The first-order valence-electron chi connectivity index (χ1n) is 11.2. The maximum Gasteiger partial charge on any atom is 0.142 e. The van der Waals surface area contributed by atoms with Crippen molar-refractivity contribution in [3.63, 3.8) is 0 Å². The van der Waals surface area contributed by atoms with Crippen LogP contribution in [0, 0.1) is 16.7 Å². The molecule has 1 aromatic rings. The van der Waals surface area contributed by atoms with Crippen molar-refractivity contribution in [1.29, 1.82) is 0 Å². The minimum atomic E-state index is -0.418. The number of rotatable bonds is 7. The van der Waals surface area contributed by atoms with Crippen molar-refractivity contribution < 1.29 is 14.6 Å². The lowest BCUT2D eigenvalue weighted by molar-refractivity contribution is -0.0794. The number of methoxy groups -OCH3 is 1. The Morgan fingerprint density at radius 2 is 1.86 bits per heavy atom. The Morgan fingerprint density at radius 3 is 2.48 bits per heavy atom. The number of benzene rings is 1. The van der Waals surface area contributed by atoms with Gasteiger partial charge < -0.3 is 19.5 Å². The Morgan fingerprint density at radius 1 is 1.14 bits per heavy atom. The van der Waals surface area contributed by atoms with E-state index >= 15 is 0 Å². The Balaban J connectivity index is 1.23. The number of ether oxygens (including phenoxy) is 2. The van der Waals surface area contributed by atoms with Crippen molar-refractivity contribution in [2.24, 2.45) is 16.7 Å². The van der Waals surface area contributed by atoms with Crippen molar-refractivity contribution >= 4 is 5.69 Å². The molecule has 1 aliphatic heterocycles. The second-order valence-corrected chi connectivity index (χ2v) is 10.0. The number of piperazine rings is 1. The van der Waals surface area contributed by atoms with Gasteiger partial charge in [-0.15, -0.1) is 0 Å². The van der Waals surface area contributed by atoms with Gasteiger partial charge in [-0.1, -0.05) is 32.9 Å². The first-order valence-corrected chi connectivity index (χ1v) is 11.2. The van der Waals surface area contributed by atoms with Crippen LogP contribution in [-0.4, -0.2) is 68.7 Å². The number of hydrogen-bond donors (Lipinski definition) is 1. The zero-order valence-corrected chi connectivity index (χ0v) is 18.6. The lowest BCUT2D eigenvalue weighted by Crippen LogP contribution is -2.49. The second kappa shape index (κ2) is 8.09. The van der Waals surface area contributed by atoms with Gasteiger partial charge in [-0.25, -0.2) is 0 Å². The molecule has 3 aliphatic rings. The van der Waals surface area contributed by atoms with E-state index in [1.54, 1.807) is 7.11 Å². The molecule has 1 saturated heterocycles. The van der Waals surface area contributed by atoms with Crippen LogP contribution in [-0.2, 0) is 4.74 Å². The summed E-state index contributed by atoms with van der Waals surface area (Å²) < 4.78 is 11.8. The van der Waals surface area contributed by atoms with Crippen LogP contribution < -0.4 is 9.64 Å². The number of hydrogen-bond acceptors (Lipinski definition) is 5. The number of fused-ring (bicyclic) bond motifs is 2. The van der Waals surface area contributed by atoms with Gasteiger partial charge >= 0.3 is 0 Å². The lowest BCUT2D eigenvalue weighted by atomic mass is 9.70. The van der Waals surface area contributed by atoms with E-state index in [0.717, 1.165) is 50.0 Å². The molecule has 162 valence electrons. The van der Waals surface area contributed by atoms with Gasteiger partial charge in [0.1, 0.15) is 5.75 Å². The summed E-state index contributed by atoms with van der Waals surface area (Å²) in [5, 5.41) is 10.6. The molecule has 2 bridgehead atoms. The minimum absolute atomic E-state index is 0.262. The molecule has 5 nitrogen and oxygen atoms in total. The topological polar surface area (TPSA) is 45.2 Å². The normalized spacial score (nSPS) is 32.5. The Labute approximate surface area is 176 Å². The second-order valence-electron chi connectivity index (χ2n) is 10.0. The summed E-state index contributed by atoms with van der Waals surface area (Å²) in [7, 11) is 1.73. The lowest BCUT2D eigenvalue weighted by Gasteiger charge is -2.40. The number of β-amino-alcohol motifs (C(OH)–C–C–N with tert-alkyl or cyclic N) is 1. The zero-order valence-electron chi connectivity index (χ0n) is 18.6. The Bertz CT molecular complexity index is 701. The highest BCUT2D eigenvalue weighted by molar-refractivity contribution is 5.58. The first-order chi connectivity index (χ1) is 13.8. The predicted octanol–water partition coefficient (Wildman–Crippen LogP) is 3.41. The van der Waals surface area contributed by atoms with Crippen LogP contribution in [0.4, 0.5) is 5.69 Å². The van der Waals surface area contributed by atoms with E-state index < -0.39 is 6.10 Å². The molecule has 3 fully saturated rings. The predicted molar refractivity (Wildman–Crippen MR) is 117 cm³/mol. The summed E-state index contributed by atoms with van der Waals surface area (Å²) in [5.74, 6) is 1.70. The third-order valence-electron chi connectivity index (χ3n) is 8.47. The quantitative estimate of drug-likeness (QED) is 0.757. The van der Waals surface area contributed by atoms with Crippen molar-refractivity contribution in [1.82, 2.24) is 4.90 Å². The van der Waals surface area contributed by atoms with Crippen LogP contribution in [0.5, 0.6) is 5.75 Å². The molecule has 0 spiro atoms. The first kappa shape index (κ1) is 21.0. The fraction of sp³-hybridized carbons (Fsp3) is 0.750. The molecule has 1 heterocycles. The summed E-state index contributed by atoms with van der Waals surface area (Å²) in [4.78, 5) is 4.72. The van der Waals surface area contributed by atoms with E-state index in [0.29, 0.717) is 24.7 Å². The highest BCUT2D eigenvalue weighted by Crippen LogP contribution is 2.66. The van der Waals surface area contributed by atoms with Gasteiger partial charge in [0.15, 0.2) is 0 Å². The minimum Gasteiger partial charge on any atom is -0.495 e. The summed E-state index contributed by atoms with van der Waals surface area (Å²) in [5.41, 5.74) is 1.78. The number of aliphatic hydroxyl groups is 1. The molecule has 2 saturated carbocycles. The molecular weight excluding hydrogens is 364 g/mol. The van der Waals surface area contributed by atoms with Crippen LogP contribution in [0.25, 0.3) is 0 Å². The largest absolute Gasteiger partial charge is 0.495 e. The average molecular weight is 403 g/mol. The van der Waals surface area contributed by atoms with Gasteiger partial charge in [0.05, 0.1) is 31.6 Å². The number of nitrogens with zero attached hydrogens (tertiary/aromatic N) is 2. The van der Waals surface area contributed by atoms with E-state index in [-0.39, 0.29) is 5.41 Å². The van der Waals surface area contributed by atoms with E-state index in [1.807, 2.05) is 12.1 Å².